The number of halogens is 3. The Labute approximate surface area is 110 Å². The van der Waals surface area contributed by atoms with Gasteiger partial charge in [-0.1, -0.05) is 0 Å². The van der Waals surface area contributed by atoms with Gasteiger partial charge in [-0.2, -0.15) is 13.2 Å². The van der Waals surface area contributed by atoms with Crippen molar-refractivity contribution in [1.29, 1.82) is 0 Å². The molecule has 2 aromatic rings. The number of hydrogen-bond donors (Lipinski definition) is 2. The molecule has 0 saturated carbocycles. The lowest BCUT2D eigenvalue weighted by molar-refractivity contribution is -0.137. The lowest BCUT2D eigenvalue weighted by Crippen LogP contribution is -2.35. The maximum atomic E-state index is 12.6. The first kappa shape index (κ1) is 14.3. The minimum atomic E-state index is -4.54. The maximum absolute atomic E-state index is 12.6. The normalized spacial score (nSPS) is 12.0. The molecule has 0 atom stereocenters. The average molecular weight is 287 g/mol. The number of H-pyrrole nitrogens is 1. The number of aromatic nitrogens is 2. The number of benzene rings is 1. The van der Waals surface area contributed by atoms with Gasteiger partial charge in [0.2, 0.25) is 0 Å². The average Bonchev–Trinajstić information content (AvgIpc) is 2.37. The number of nitrogens with two attached hydrogens (primary N) is 1. The summed E-state index contributed by atoms with van der Waals surface area (Å²) in [4.78, 5) is 26.1. The van der Waals surface area contributed by atoms with Gasteiger partial charge in [0.15, 0.2) is 0 Å². The fraction of sp³-hybridized carbons (Fsp3) is 0.333. The van der Waals surface area contributed by atoms with Crippen LogP contribution in [-0.4, -0.2) is 16.1 Å². The Morgan fingerprint density at radius 3 is 2.55 bits per heavy atom. The van der Waals surface area contributed by atoms with Crippen molar-refractivity contribution in [3.05, 3.63) is 44.6 Å². The summed E-state index contributed by atoms with van der Waals surface area (Å²) in [5.41, 5.74) is 3.04. The Balaban J connectivity index is 2.68. The lowest BCUT2D eigenvalue weighted by atomic mass is 10.1. The highest BCUT2D eigenvalue weighted by Gasteiger charge is 2.30. The highest BCUT2D eigenvalue weighted by molar-refractivity contribution is 5.78. The summed E-state index contributed by atoms with van der Waals surface area (Å²) < 4.78 is 38.8. The van der Waals surface area contributed by atoms with E-state index in [1.807, 2.05) is 0 Å². The third kappa shape index (κ3) is 2.60. The van der Waals surface area contributed by atoms with Crippen LogP contribution in [0, 0.1) is 0 Å². The molecule has 108 valence electrons. The van der Waals surface area contributed by atoms with Crippen LogP contribution in [0.2, 0.25) is 0 Å². The van der Waals surface area contributed by atoms with Crippen molar-refractivity contribution in [1.82, 2.24) is 9.55 Å². The van der Waals surface area contributed by atoms with E-state index in [9.17, 15) is 22.8 Å². The predicted molar refractivity (Wildman–Crippen MR) is 67.5 cm³/mol. The Morgan fingerprint density at radius 2 is 1.95 bits per heavy atom. The molecule has 8 heteroatoms. The second-order valence-corrected chi connectivity index (χ2v) is 4.29. The van der Waals surface area contributed by atoms with Crippen LogP contribution in [0.1, 0.15) is 12.0 Å². The van der Waals surface area contributed by atoms with Gasteiger partial charge in [-0.05, 0) is 31.2 Å². The van der Waals surface area contributed by atoms with E-state index in [2.05, 4.69) is 4.98 Å². The van der Waals surface area contributed by atoms with Crippen LogP contribution < -0.4 is 17.0 Å². The SMILES string of the molecule is NCCCn1c(=O)[nH]c2ccc(C(F)(F)F)cc2c1=O. The molecule has 0 unspecified atom stereocenters. The van der Waals surface area contributed by atoms with Crippen LogP contribution >= 0.6 is 0 Å². The van der Waals surface area contributed by atoms with E-state index >= 15 is 0 Å². The summed E-state index contributed by atoms with van der Waals surface area (Å²) in [5.74, 6) is 0. The van der Waals surface area contributed by atoms with Gasteiger partial charge in [0.05, 0.1) is 16.5 Å². The van der Waals surface area contributed by atoms with Crippen LogP contribution in [0.5, 0.6) is 0 Å². The molecule has 0 aliphatic carbocycles. The second-order valence-electron chi connectivity index (χ2n) is 4.29. The zero-order chi connectivity index (χ0) is 14.9. The molecular weight excluding hydrogens is 275 g/mol. The largest absolute Gasteiger partial charge is 0.416 e. The van der Waals surface area contributed by atoms with E-state index in [1.54, 1.807) is 0 Å². The molecule has 0 spiro atoms. The first-order valence-corrected chi connectivity index (χ1v) is 5.88. The first-order valence-electron chi connectivity index (χ1n) is 5.88. The number of alkyl halides is 3. The molecule has 0 amide bonds. The van der Waals surface area contributed by atoms with E-state index in [0.29, 0.717) is 6.42 Å². The van der Waals surface area contributed by atoms with Gasteiger partial charge in [0.1, 0.15) is 0 Å². The Bertz CT molecular complexity index is 746. The van der Waals surface area contributed by atoms with Crippen molar-refractivity contribution in [3.8, 4) is 0 Å². The molecule has 1 heterocycles. The van der Waals surface area contributed by atoms with Crippen LogP contribution in [0.3, 0.4) is 0 Å². The molecule has 0 bridgehead atoms. The van der Waals surface area contributed by atoms with Crippen molar-refractivity contribution in [2.24, 2.45) is 5.73 Å². The third-order valence-electron chi connectivity index (χ3n) is 2.90. The molecule has 0 radical (unpaired) electrons. The summed E-state index contributed by atoms with van der Waals surface area (Å²) >= 11 is 0. The Hall–Kier alpha value is -2.09. The van der Waals surface area contributed by atoms with Gasteiger partial charge in [0.25, 0.3) is 5.56 Å². The Kier molecular flexibility index (Phi) is 3.67. The zero-order valence-corrected chi connectivity index (χ0v) is 10.3. The molecule has 2 rings (SSSR count). The number of nitrogens with zero attached hydrogens (tertiary/aromatic N) is 1. The molecule has 3 N–H and O–H groups in total. The first-order chi connectivity index (χ1) is 9.34. The fourth-order valence-electron chi connectivity index (χ4n) is 1.88. The van der Waals surface area contributed by atoms with Gasteiger partial charge < -0.3 is 10.7 Å². The highest BCUT2D eigenvalue weighted by atomic mass is 19.4. The van der Waals surface area contributed by atoms with Crippen LogP contribution in [0.25, 0.3) is 10.9 Å². The van der Waals surface area contributed by atoms with Gasteiger partial charge >= 0.3 is 11.9 Å². The summed E-state index contributed by atoms with van der Waals surface area (Å²) in [5, 5.41) is -0.170. The maximum Gasteiger partial charge on any atom is 0.416 e. The number of hydrogen-bond acceptors (Lipinski definition) is 3. The molecule has 1 aromatic carbocycles. The van der Waals surface area contributed by atoms with E-state index < -0.39 is 23.0 Å². The van der Waals surface area contributed by atoms with Gasteiger partial charge in [-0.3, -0.25) is 9.36 Å². The third-order valence-corrected chi connectivity index (χ3v) is 2.90. The molecule has 1 aromatic heterocycles. The van der Waals surface area contributed by atoms with Crippen LogP contribution in [0.4, 0.5) is 13.2 Å². The van der Waals surface area contributed by atoms with Crippen molar-refractivity contribution >= 4 is 10.9 Å². The van der Waals surface area contributed by atoms with E-state index in [-0.39, 0.29) is 24.0 Å². The summed E-state index contributed by atoms with van der Waals surface area (Å²) in [6, 6.07) is 2.64. The summed E-state index contributed by atoms with van der Waals surface area (Å²) in [6.07, 6.45) is -4.16. The van der Waals surface area contributed by atoms with Crippen molar-refractivity contribution in [2.75, 3.05) is 6.54 Å². The van der Waals surface area contributed by atoms with Gasteiger partial charge in [-0.15, -0.1) is 0 Å². The van der Waals surface area contributed by atoms with Crippen molar-refractivity contribution in [3.63, 3.8) is 0 Å². The second kappa shape index (κ2) is 5.12. The molecule has 0 aliphatic rings. The molecular formula is C12H12F3N3O2. The number of rotatable bonds is 3. The number of aromatic amines is 1. The standard InChI is InChI=1S/C12H12F3N3O2/c13-12(14,15)7-2-3-9-8(6-7)10(19)18(5-1-4-16)11(20)17-9/h2-3,6H,1,4-5,16H2,(H,17,20). The Morgan fingerprint density at radius 1 is 1.25 bits per heavy atom. The minimum absolute atomic E-state index is 0.0663. The van der Waals surface area contributed by atoms with Gasteiger partial charge in [0, 0.05) is 6.54 Å². The zero-order valence-electron chi connectivity index (χ0n) is 10.3. The van der Waals surface area contributed by atoms with Crippen LogP contribution in [0.15, 0.2) is 27.8 Å². The molecule has 0 fully saturated rings. The topological polar surface area (TPSA) is 80.9 Å². The number of nitrogens with one attached hydrogen (secondary N) is 1. The van der Waals surface area contributed by atoms with E-state index in [0.717, 1.165) is 22.8 Å². The van der Waals surface area contributed by atoms with Crippen molar-refractivity contribution in [2.45, 2.75) is 19.1 Å². The quantitative estimate of drug-likeness (QED) is 0.885. The smallest absolute Gasteiger partial charge is 0.330 e. The summed E-state index contributed by atoms with van der Waals surface area (Å²) in [7, 11) is 0. The fourth-order valence-corrected chi connectivity index (χ4v) is 1.88. The van der Waals surface area contributed by atoms with E-state index in [1.165, 1.54) is 0 Å². The van der Waals surface area contributed by atoms with Gasteiger partial charge in [-0.25, -0.2) is 4.79 Å². The van der Waals surface area contributed by atoms with Crippen LogP contribution in [-0.2, 0) is 12.7 Å². The highest BCUT2D eigenvalue weighted by Crippen LogP contribution is 2.30. The van der Waals surface area contributed by atoms with Crippen molar-refractivity contribution < 1.29 is 13.2 Å². The molecule has 0 aliphatic heterocycles. The molecule has 5 nitrogen and oxygen atoms in total. The lowest BCUT2D eigenvalue weighted by Gasteiger charge is -2.09. The number of fused-ring (bicyclic) bond motifs is 1. The minimum Gasteiger partial charge on any atom is -0.330 e. The molecule has 0 saturated heterocycles. The predicted octanol–water partition coefficient (Wildman–Crippen LogP) is 1.06. The summed E-state index contributed by atoms with van der Waals surface area (Å²) in [6.45, 7) is 0.337. The monoisotopic (exact) mass is 287 g/mol. The van der Waals surface area contributed by atoms with E-state index in [4.69, 9.17) is 5.73 Å². The molecule has 20 heavy (non-hydrogen) atoms.